The first-order chi connectivity index (χ1) is 7.70. The third kappa shape index (κ3) is 5.39. The van der Waals surface area contributed by atoms with E-state index in [0.29, 0.717) is 12.6 Å². The molecular formula is C11H20F2N2O. The summed E-state index contributed by atoms with van der Waals surface area (Å²) in [4.78, 5) is 10.6. The molecule has 1 rings (SSSR count). The van der Waals surface area contributed by atoms with Crippen LogP contribution in [0.3, 0.4) is 0 Å². The third-order valence-corrected chi connectivity index (χ3v) is 2.91. The van der Waals surface area contributed by atoms with Crippen LogP contribution in [0.1, 0.15) is 38.5 Å². The summed E-state index contributed by atoms with van der Waals surface area (Å²) < 4.78 is 23.7. The molecule has 1 amide bonds. The Hall–Kier alpha value is -0.710. The van der Waals surface area contributed by atoms with Crippen molar-refractivity contribution in [3.8, 4) is 0 Å². The van der Waals surface area contributed by atoms with Crippen LogP contribution >= 0.6 is 0 Å². The summed E-state index contributed by atoms with van der Waals surface area (Å²) in [5, 5.41) is 5.48. The molecule has 1 aliphatic carbocycles. The van der Waals surface area contributed by atoms with Gasteiger partial charge in [0.25, 0.3) is 5.91 Å². The Morgan fingerprint density at radius 2 is 1.75 bits per heavy atom. The smallest absolute Gasteiger partial charge is 0.315 e. The molecule has 16 heavy (non-hydrogen) atoms. The summed E-state index contributed by atoms with van der Waals surface area (Å²) in [5.74, 6) is -1.18. The summed E-state index contributed by atoms with van der Waals surface area (Å²) in [6.07, 6.45) is 4.46. The Kier molecular flexibility index (Phi) is 6.30. The summed E-state index contributed by atoms with van der Waals surface area (Å²) in [6, 6.07) is 0.492. The lowest BCUT2D eigenvalue weighted by atomic mass is 10.1. The van der Waals surface area contributed by atoms with Crippen LogP contribution < -0.4 is 10.6 Å². The minimum Gasteiger partial charge on any atom is -0.350 e. The van der Waals surface area contributed by atoms with Crippen molar-refractivity contribution in [3.63, 3.8) is 0 Å². The van der Waals surface area contributed by atoms with E-state index in [1.165, 1.54) is 25.7 Å². The number of hydrogen-bond acceptors (Lipinski definition) is 2. The van der Waals surface area contributed by atoms with E-state index in [2.05, 4.69) is 10.6 Å². The predicted molar refractivity (Wildman–Crippen MR) is 58.5 cm³/mol. The fourth-order valence-electron chi connectivity index (χ4n) is 2.02. The van der Waals surface area contributed by atoms with Gasteiger partial charge in [-0.2, -0.15) is 8.78 Å². The fraction of sp³-hybridized carbons (Fsp3) is 0.909. The maximum atomic E-state index is 11.8. The van der Waals surface area contributed by atoms with Crippen molar-refractivity contribution in [3.05, 3.63) is 0 Å². The SMILES string of the molecule is O=C(NCCNC1CCCCCC1)C(F)F. The lowest BCUT2D eigenvalue weighted by Gasteiger charge is -2.16. The second-order valence-electron chi connectivity index (χ2n) is 4.23. The van der Waals surface area contributed by atoms with E-state index in [-0.39, 0.29) is 6.54 Å². The van der Waals surface area contributed by atoms with Gasteiger partial charge in [0.15, 0.2) is 0 Å². The van der Waals surface area contributed by atoms with Gasteiger partial charge in [0, 0.05) is 19.1 Å². The van der Waals surface area contributed by atoms with E-state index in [0.717, 1.165) is 12.8 Å². The number of carbonyl (C=O) groups excluding carboxylic acids is 1. The van der Waals surface area contributed by atoms with Gasteiger partial charge in [0.1, 0.15) is 0 Å². The maximum absolute atomic E-state index is 11.8. The van der Waals surface area contributed by atoms with E-state index >= 15 is 0 Å². The zero-order valence-electron chi connectivity index (χ0n) is 9.48. The van der Waals surface area contributed by atoms with Gasteiger partial charge in [-0.1, -0.05) is 25.7 Å². The molecule has 94 valence electrons. The van der Waals surface area contributed by atoms with Crippen molar-refractivity contribution in [1.82, 2.24) is 10.6 Å². The highest BCUT2D eigenvalue weighted by molar-refractivity contribution is 5.78. The van der Waals surface area contributed by atoms with Gasteiger partial charge in [-0.3, -0.25) is 4.79 Å². The molecule has 2 N–H and O–H groups in total. The molecule has 1 fully saturated rings. The minimum absolute atomic E-state index is 0.277. The first-order valence-corrected chi connectivity index (χ1v) is 5.99. The standard InChI is InChI=1S/C11H20F2N2O/c12-10(13)11(16)15-8-7-14-9-5-3-1-2-4-6-9/h9-10,14H,1-8H2,(H,15,16). The van der Waals surface area contributed by atoms with Gasteiger partial charge in [-0.15, -0.1) is 0 Å². The third-order valence-electron chi connectivity index (χ3n) is 2.91. The van der Waals surface area contributed by atoms with Gasteiger partial charge >= 0.3 is 6.43 Å². The summed E-state index contributed by atoms with van der Waals surface area (Å²) in [7, 11) is 0. The normalized spacial score (nSPS) is 18.4. The lowest BCUT2D eigenvalue weighted by molar-refractivity contribution is -0.131. The number of nitrogens with one attached hydrogen (secondary N) is 2. The van der Waals surface area contributed by atoms with Crippen LogP contribution in [0.2, 0.25) is 0 Å². The summed E-state index contributed by atoms with van der Waals surface area (Å²) >= 11 is 0. The van der Waals surface area contributed by atoms with E-state index in [4.69, 9.17) is 0 Å². The summed E-state index contributed by atoms with van der Waals surface area (Å²) in [6.45, 7) is 0.850. The van der Waals surface area contributed by atoms with Gasteiger partial charge in [-0.25, -0.2) is 0 Å². The first-order valence-electron chi connectivity index (χ1n) is 5.99. The monoisotopic (exact) mass is 234 g/mol. The van der Waals surface area contributed by atoms with Crippen LogP contribution in [-0.2, 0) is 4.79 Å². The van der Waals surface area contributed by atoms with E-state index in [9.17, 15) is 13.6 Å². The van der Waals surface area contributed by atoms with Crippen molar-refractivity contribution in [1.29, 1.82) is 0 Å². The van der Waals surface area contributed by atoms with Crippen LogP contribution in [0.5, 0.6) is 0 Å². The van der Waals surface area contributed by atoms with Crippen molar-refractivity contribution < 1.29 is 13.6 Å². The predicted octanol–water partition coefficient (Wildman–Crippen LogP) is 1.68. The maximum Gasteiger partial charge on any atom is 0.315 e. The Morgan fingerprint density at radius 3 is 2.31 bits per heavy atom. The van der Waals surface area contributed by atoms with Crippen LogP contribution in [0.15, 0.2) is 0 Å². The average molecular weight is 234 g/mol. The van der Waals surface area contributed by atoms with Crippen molar-refractivity contribution >= 4 is 5.91 Å². The highest BCUT2D eigenvalue weighted by Gasteiger charge is 2.14. The lowest BCUT2D eigenvalue weighted by Crippen LogP contribution is -2.38. The Labute approximate surface area is 95.0 Å². The highest BCUT2D eigenvalue weighted by Crippen LogP contribution is 2.16. The van der Waals surface area contributed by atoms with E-state index < -0.39 is 12.3 Å². The molecular weight excluding hydrogens is 214 g/mol. The minimum atomic E-state index is -2.90. The second kappa shape index (κ2) is 7.54. The number of amides is 1. The van der Waals surface area contributed by atoms with Crippen molar-refractivity contribution in [2.45, 2.75) is 51.0 Å². The molecule has 0 atom stereocenters. The van der Waals surface area contributed by atoms with Crippen LogP contribution in [0, 0.1) is 0 Å². The van der Waals surface area contributed by atoms with Crippen LogP contribution in [0.25, 0.3) is 0 Å². The molecule has 3 nitrogen and oxygen atoms in total. The average Bonchev–Trinajstić information content (AvgIpc) is 2.52. The van der Waals surface area contributed by atoms with Crippen LogP contribution in [-0.4, -0.2) is 31.5 Å². The summed E-state index contributed by atoms with van der Waals surface area (Å²) in [5.41, 5.74) is 0. The molecule has 0 unspecified atom stereocenters. The zero-order chi connectivity index (χ0) is 11.8. The molecule has 0 bridgehead atoms. The molecule has 0 heterocycles. The van der Waals surface area contributed by atoms with Gasteiger partial charge in [0.05, 0.1) is 0 Å². The topological polar surface area (TPSA) is 41.1 Å². The van der Waals surface area contributed by atoms with Gasteiger partial charge in [0.2, 0.25) is 0 Å². The first kappa shape index (κ1) is 13.4. The molecule has 0 aromatic carbocycles. The number of hydrogen-bond donors (Lipinski definition) is 2. The number of halogens is 2. The molecule has 1 aliphatic rings. The molecule has 0 aromatic heterocycles. The fourth-order valence-corrected chi connectivity index (χ4v) is 2.02. The zero-order valence-corrected chi connectivity index (χ0v) is 9.48. The molecule has 0 spiro atoms. The molecule has 0 saturated heterocycles. The van der Waals surface area contributed by atoms with Crippen LogP contribution in [0.4, 0.5) is 8.78 Å². The second-order valence-corrected chi connectivity index (χ2v) is 4.23. The van der Waals surface area contributed by atoms with Gasteiger partial charge < -0.3 is 10.6 Å². The van der Waals surface area contributed by atoms with Crippen molar-refractivity contribution in [2.75, 3.05) is 13.1 Å². The number of rotatable bonds is 5. The molecule has 0 radical (unpaired) electrons. The number of alkyl halides is 2. The Bertz CT molecular complexity index is 204. The molecule has 1 saturated carbocycles. The Balaban J connectivity index is 2.03. The quantitative estimate of drug-likeness (QED) is 0.561. The highest BCUT2D eigenvalue weighted by atomic mass is 19.3. The molecule has 0 aromatic rings. The van der Waals surface area contributed by atoms with Gasteiger partial charge in [-0.05, 0) is 12.8 Å². The largest absolute Gasteiger partial charge is 0.350 e. The molecule has 0 aliphatic heterocycles. The molecule has 5 heteroatoms. The van der Waals surface area contributed by atoms with E-state index in [1.807, 2.05) is 0 Å². The van der Waals surface area contributed by atoms with E-state index in [1.54, 1.807) is 0 Å². The number of carbonyl (C=O) groups is 1. The van der Waals surface area contributed by atoms with Crippen molar-refractivity contribution in [2.24, 2.45) is 0 Å². The Morgan fingerprint density at radius 1 is 1.12 bits per heavy atom.